The van der Waals surface area contributed by atoms with Crippen molar-refractivity contribution in [3.05, 3.63) is 29.3 Å². The molecule has 4 N–H and O–H groups in total. The molecule has 0 aliphatic carbocycles. The molecule has 162 valence electrons. The minimum Gasteiger partial charge on any atom is -0.444 e. The van der Waals surface area contributed by atoms with Crippen LogP contribution in [-0.4, -0.2) is 47.1 Å². The first kappa shape index (κ1) is 24.2. The minimum absolute atomic E-state index is 0.0810. The van der Waals surface area contributed by atoms with Gasteiger partial charge < -0.3 is 30.4 Å². The van der Waals surface area contributed by atoms with Crippen molar-refractivity contribution in [2.24, 2.45) is 5.73 Å². The van der Waals surface area contributed by atoms with Crippen LogP contribution in [0.2, 0.25) is 0 Å². The van der Waals surface area contributed by atoms with E-state index in [-0.39, 0.29) is 24.3 Å². The zero-order chi connectivity index (χ0) is 22.4. The number of hydrogen-bond donors (Lipinski definition) is 3. The van der Waals surface area contributed by atoms with Crippen LogP contribution in [0.1, 0.15) is 57.5 Å². The fourth-order valence-corrected chi connectivity index (χ4v) is 2.29. The SMILES string of the molecule is CC(C)(C)OC(=O)N[C@@H](CO)Cc1ccc(OC(=O)OC(C)(C)C)cc1C(N)=O. The Labute approximate surface area is 170 Å². The Bertz CT molecular complexity index is 748. The van der Waals surface area contributed by atoms with E-state index >= 15 is 0 Å². The lowest BCUT2D eigenvalue weighted by Gasteiger charge is -2.23. The lowest BCUT2D eigenvalue weighted by molar-refractivity contribution is 0.0205. The highest BCUT2D eigenvalue weighted by atomic mass is 16.7. The number of nitrogens with two attached hydrogens (primary N) is 1. The van der Waals surface area contributed by atoms with Crippen molar-refractivity contribution in [2.45, 2.75) is 65.2 Å². The average molecular weight is 410 g/mol. The summed E-state index contributed by atoms with van der Waals surface area (Å²) in [5, 5.41) is 12.1. The first-order chi connectivity index (χ1) is 13.2. The molecular formula is C20H30N2O7. The molecule has 0 bridgehead atoms. The Morgan fingerprint density at radius 3 is 2.14 bits per heavy atom. The summed E-state index contributed by atoms with van der Waals surface area (Å²) >= 11 is 0. The molecule has 9 nitrogen and oxygen atoms in total. The van der Waals surface area contributed by atoms with Gasteiger partial charge in [0.05, 0.1) is 12.6 Å². The topological polar surface area (TPSA) is 137 Å². The fourth-order valence-electron chi connectivity index (χ4n) is 2.29. The monoisotopic (exact) mass is 410 g/mol. The number of carbonyl (C=O) groups excluding carboxylic acids is 3. The summed E-state index contributed by atoms with van der Waals surface area (Å²) in [6.07, 6.45) is -1.50. The predicted octanol–water partition coefficient (Wildman–Crippen LogP) is 2.53. The molecule has 0 aliphatic rings. The van der Waals surface area contributed by atoms with E-state index in [1.807, 2.05) is 0 Å². The number of primary amides is 1. The third-order valence-corrected chi connectivity index (χ3v) is 3.35. The Kier molecular flexibility index (Phi) is 8.02. The molecule has 0 saturated heterocycles. The molecule has 0 unspecified atom stereocenters. The molecule has 0 radical (unpaired) electrons. The van der Waals surface area contributed by atoms with Crippen LogP contribution in [0.3, 0.4) is 0 Å². The van der Waals surface area contributed by atoms with E-state index in [1.165, 1.54) is 18.2 Å². The van der Waals surface area contributed by atoms with Gasteiger partial charge in [0.15, 0.2) is 0 Å². The number of aliphatic hydroxyl groups excluding tert-OH is 1. The highest BCUT2D eigenvalue weighted by Crippen LogP contribution is 2.21. The van der Waals surface area contributed by atoms with Crippen molar-refractivity contribution in [3.63, 3.8) is 0 Å². The van der Waals surface area contributed by atoms with Crippen LogP contribution in [0, 0.1) is 0 Å². The van der Waals surface area contributed by atoms with Crippen LogP contribution in [0.15, 0.2) is 18.2 Å². The van der Waals surface area contributed by atoms with Crippen molar-refractivity contribution in [2.75, 3.05) is 6.61 Å². The number of amides is 2. The smallest absolute Gasteiger partial charge is 0.444 e. The van der Waals surface area contributed by atoms with Crippen LogP contribution < -0.4 is 15.8 Å². The molecule has 1 aromatic rings. The van der Waals surface area contributed by atoms with Crippen molar-refractivity contribution >= 4 is 18.2 Å². The Balaban J connectivity index is 2.94. The summed E-state index contributed by atoms with van der Waals surface area (Å²) in [5.74, 6) is -0.666. The Morgan fingerprint density at radius 1 is 1.07 bits per heavy atom. The zero-order valence-corrected chi connectivity index (χ0v) is 17.7. The second-order valence-corrected chi connectivity index (χ2v) is 8.48. The maximum absolute atomic E-state index is 11.9. The summed E-state index contributed by atoms with van der Waals surface area (Å²) < 4.78 is 15.3. The van der Waals surface area contributed by atoms with Gasteiger partial charge in [-0.05, 0) is 65.7 Å². The summed E-state index contributed by atoms with van der Waals surface area (Å²) in [6, 6.07) is 3.59. The summed E-state index contributed by atoms with van der Waals surface area (Å²) in [6.45, 7) is 9.85. The first-order valence-electron chi connectivity index (χ1n) is 9.14. The lowest BCUT2D eigenvalue weighted by atomic mass is 9.99. The molecular weight excluding hydrogens is 380 g/mol. The number of nitrogens with one attached hydrogen (secondary N) is 1. The Morgan fingerprint density at radius 2 is 1.66 bits per heavy atom. The molecule has 0 saturated carbocycles. The molecule has 0 aliphatic heterocycles. The molecule has 1 aromatic carbocycles. The number of rotatable bonds is 6. The zero-order valence-electron chi connectivity index (χ0n) is 17.7. The van der Waals surface area contributed by atoms with Crippen LogP contribution in [0.5, 0.6) is 5.75 Å². The predicted molar refractivity (Wildman–Crippen MR) is 106 cm³/mol. The van der Waals surface area contributed by atoms with Gasteiger partial charge in [0, 0.05) is 5.56 Å². The van der Waals surface area contributed by atoms with Crippen molar-refractivity contribution < 1.29 is 33.7 Å². The van der Waals surface area contributed by atoms with Crippen LogP contribution in [-0.2, 0) is 15.9 Å². The van der Waals surface area contributed by atoms with E-state index < -0.39 is 35.4 Å². The van der Waals surface area contributed by atoms with Crippen molar-refractivity contribution in [1.82, 2.24) is 5.32 Å². The number of aliphatic hydroxyl groups is 1. The van der Waals surface area contributed by atoms with Gasteiger partial charge in [-0.25, -0.2) is 9.59 Å². The van der Waals surface area contributed by atoms with E-state index in [0.717, 1.165) is 0 Å². The molecule has 2 amide bonds. The average Bonchev–Trinajstić information content (AvgIpc) is 2.51. The minimum atomic E-state index is -0.916. The first-order valence-corrected chi connectivity index (χ1v) is 9.14. The van der Waals surface area contributed by atoms with Crippen LogP contribution >= 0.6 is 0 Å². The largest absolute Gasteiger partial charge is 0.514 e. The van der Waals surface area contributed by atoms with Gasteiger partial charge >= 0.3 is 12.2 Å². The van der Waals surface area contributed by atoms with Gasteiger partial charge in [-0.2, -0.15) is 0 Å². The van der Waals surface area contributed by atoms with E-state index in [1.54, 1.807) is 41.5 Å². The normalized spacial score (nSPS) is 12.7. The molecule has 1 rings (SSSR count). The van der Waals surface area contributed by atoms with Gasteiger partial charge in [0.25, 0.3) is 0 Å². The van der Waals surface area contributed by atoms with Crippen LogP contribution in [0.4, 0.5) is 9.59 Å². The maximum Gasteiger partial charge on any atom is 0.514 e. The third kappa shape index (κ3) is 9.29. The van der Waals surface area contributed by atoms with Gasteiger partial charge in [-0.3, -0.25) is 4.79 Å². The number of alkyl carbamates (subject to hydrolysis) is 1. The van der Waals surface area contributed by atoms with Gasteiger partial charge in [0.1, 0.15) is 17.0 Å². The van der Waals surface area contributed by atoms with Crippen molar-refractivity contribution in [1.29, 1.82) is 0 Å². The highest BCUT2D eigenvalue weighted by Gasteiger charge is 2.22. The summed E-state index contributed by atoms with van der Waals surface area (Å²) in [4.78, 5) is 35.6. The third-order valence-electron chi connectivity index (χ3n) is 3.35. The molecule has 0 heterocycles. The van der Waals surface area contributed by atoms with E-state index in [2.05, 4.69) is 5.32 Å². The molecule has 0 fully saturated rings. The fraction of sp³-hybridized carbons (Fsp3) is 0.550. The number of ether oxygens (including phenoxy) is 3. The standard InChI is InChI=1S/C20H30N2O7/c1-19(2,3)28-17(25)22-13(11-23)9-12-7-8-14(10-15(12)16(21)24)27-18(26)29-20(4,5)6/h7-8,10,13,23H,9,11H2,1-6H3,(H2,21,24)(H,22,25)/t13-/m1/s1. The lowest BCUT2D eigenvalue weighted by Crippen LogP contribution is -2.42. The summed E-state index contributed by atoms with van der Waals surface area (Å²) in [5.41, 5.74) is 4.57. The van der Waals surface area contributed by atoms with Gasteiger partial charge in [-0.1, -0.05) is 6.07 Å². The van der Waals surface area contributed by atoms with Crippen molar-refractivity contribution in [3.8, 4) is 5.75 Å². The second-order valence-electron chi connectivity index (χ2n) is 8.48. The summed E-state index contributed by atoms with van der Waals surface area (Å²) in [7, 11) is 0. The molecule has 1 atom stereocenters. The van der Waals surface area contributed by atoms with E-state index in [4.69, 9.17) is 19.9 Å². The van der Waals surface area contributed by atoms with Crippen LogP contribution in [0.25, 0.3) is 0 Å². The van der Waals surface area contributed by atoms with Gasteiger partial charge in [-0.15, -0.1) is 0 Å². The van der Waals surface area contributed by atoms with E-state index in [9.17, 15) is 19.5 Å². The maximum atomic E-state index is 11.9. The number of carbonyl (C=O) groups is 3. The van der Waals surface area contributed by atoms with Gasteiger partial charge in [0.2, 0.25) is 5.91 Å². The number of benzene rings is 1. The molecule has 9 heteroatoms. The molecule has 0 spiro atoms. The Hall–Kier alpha value is -2.81. The molecule has 0 aromatic heterocycles. The highest BCUT2D eigenvalue weighted by molar-refractivity contribution is 5.95. The molecule has 29 heavy (non-hydrogen) atoms. The number of hydrogen-bond acceptors (Lipinski definition) is 7. The second kappa shape index (κ2) is 9.60. The van der Waals surface area contributed by atoms with E-state index in [0.29, 0.717) is 5.56 Å². The quantitative estimate of drug-likeness (QED) is 0.484.